The molecule has 1 aliphatic heterocycles. The molecule has 0 aromatic heterocycles. The summed E-state index contributed by atoms with van der Waals surface area (Å²) in [6, 6.07) is 12.1. The van der Waals surface area contributed by atoms with E-state index in [9.17, 15) is 20.1 Å². The van der Waals surface area contributed by atoms with Gasteiger partial charge in [-0.2, -0.15) is 0 Å². The Morgan fingerprint density at radius 1 is 1.10 bits per heavy atom. The van der Waals surface area contributed by atoms with E-state index in [4.69, 9.17) is 24.2 Å². The molecule has 2 aromatic carbocycles. The number of benzene rings is 2. The Morgan fingerprint density at radius 2 is 1.84 bits per heavy atom. The minimum Gasteiger partial charge on any atom is -0.508 e. The fourth-order valence-electron chi connectivity index (χ4n) is 8.18. The quantitative estimate of drug-likeness (QED) is 0.102. The molecular formula is C41H56N2O8. The molecule has 0 spiro atoms. The molecule has 10 heteroatoms. The number of allylic oxidation sites excluding steroid dienone is 1. The van der Waals surface area contributed by atoms with Gasteiger partial charge < -0.3 is 39.3 Å². The SMILES string of the molecule is C=CCO[C@@]12Oc3ccc(O)cc3[C@H]3[C@H](CCCCO)[C@@H](CCCCO)C=C(C(=NOC(C)(C)C)C[C@@H]1N(C)C(=O)Cc1cccc(OC)c1)[C@H]32. The van der Waals surface area contributed by atoms with Gasteiger partial charge in [-0.1, -0.05) is 42.3 Å². The Labute approximate surface area is 302 Å². The van der Waals surface area contributed by atoms with E-state index >= 15 is 0 Å². The number of methoxy groups -OCH3 is 1. The molecule has 3 aliphatic rings. The number of hydrogen-bond donors (Lipinski definition) is 3. The van der Waals surface area contributed by atoms with Crippen molar-refractivity contribution in [3.63, 3.8) is 0 Å². The molecule has 6 atom stereocenters. The molecule has 1 saturated carbocycles. The number of hydrogen-bond acceptors (Lipinski definition) is 9. The molecule has 5 rings (SSSR count). The van der Waals surface area contributed by atoms with Crippen molar-refractivity contribution < 1.29 is 39.2 Å². The standard InChI is InChI=1S/C41H56N2O8/c1-7-21-49-41-36(43(5)37(47)23-27-13-12-15-30(22-27)48-6)26-34(42-51-40(2,3)4)32-24-28(14-8-10-19-44)31(16-9-11-20-45)38(39(32)41)33-25-29(46)17-18-35(33)50-41/h7,12-13,15,17-18,22,24-25,28,31,36,38-39,44-46H,1,8-11,14,16,19-21,23,26H2,2-6H3/t28-,31+,36-,38+,39+,41+/m0/s1. The summed E-state index contributed by atoms with van der Waals surface area (Å²) in [5, 5.41) is 35.1. The first-order chi connectivity index (χ1) is 24.5. The van der Waals surface area contributed by atoms with Crippen LogP contribution in [0, 0.1) is 17.8 Å². The minimum absolute atomic E-state index is 0.0847. The van der Waals surface area contributed by atoms with Gasteiger partial charge in [0.2, 0.25) is 11.7 Å². The van der Waals surface area contributed by atoms with Gasteiger partial charge in [0.1, 0.15) is 28.9 Å². The third kappa shape index (κ3) is 8.45. The zero-order valence-electron chi connectivity index (χ0n) is 30.8. The molecule has 0 saturated heterocycles. The van der Waals surface area contributed by atoms with E-state index < -0.39 is 23.3 Å². The predicted octanol–water partition coefficient (Wildman–Crippen LogP) is 6.53. The van der Waals surface area contributed by atoms with E-state index in [0.717, 1.165) is 48.1 Å². The number of phenolic OH excluding ortho intramolecular Hbond substituents is 1. The number of amides is 1. The number of phenols is 1. The number of unbranched alkanes of at least 4 members (excludes halogenated alkanes) is 2. The summed E-state index contributed by atoms with van der Waals surface area (Å²) >= 11 is 0. The van der Waals surface area contributed by atoms with E-state index in [-0.39, 0.29) is 55.7 Å². The number of aliphatic hydroxyl groups is 2. The van der Waals surface area contributed by atoms with Crippen LogP contribution in [0.5, 0.6) is 17.2 Å². The fourth-order valence-corrected chi connectivity index (χ4v) is 8.18. The van der Waals surface area contributed by atoms with Gasteiger partial charge in [0.15, 0.2) is 0 Å². The van der Waals surface area contributed by atoms with Gasteiger partial charge in [-0.25, -0.2) is 0 Å². The molecule has 3 N–H and O–H groups in total. The maximum Gasteiger partial charge on any atom is 0.239 e. The van der Waals surface area contributed by atoms with Crippen LogP contribution in [0.3, 0.4) is 0 Å². The van der Waals surface area contributed by atoms with Crippen molar-refractivity contribution >= 4 is 11.6 Å². The normalized spacial score (nSPS) is 26.0. The van der Waals surface area contributed by atoms with Crippen LogP contribution in [0.15, 0.2) is 71.9 Å². The summed E-state index contributed by atoms with van der Waals surface area (Å²) in [5.41, 5.74) is 2.83. The molecule has 278 valence electrons. The monoisotopic (exact) mass is 704 g/mol. The maximum absolute atomic E-state index is 14.3. The van der Waals surface area contributed by atoms with Gasteiger partial charge in [-0.15, -0.1) is 6.58 Å². The van der Waals surface area contributed by atoms with Gasteiger partial charge in [0.25, 0.3) is 0 Å². The zero-order valence-corrected chi connectivity index (χ0v) is 30.8. The number of oxime groups is 1. The molecule has 10 nitrogen and oxygen atoms in total. The van der Waals surface area contributed by atoms with Crippen molar-refractivity contribution in [1.82, 2.24) is 4.90 Å². The predicted molar refractivity (Wildman–Crippen MR) is 197 cm³/mol. The Balaban J connectivity index is 1.72. The van der Waals surface area contributed by atoms with Crippen molar-refractivity contribution in [1.29, 1.82) is 0 Å². The van der Waals surface area contributed by atoms with E-state index in [1.165, 1.54) is 0 Å². The molecule has 1 amide bonds. The Hall–Kier alpha value is -3.86. The molecule has 51 heavy (non-hydrogen) atoms. The molecule has 1 heterocycles. The van der Waals surface area contributed by atoms with Crippen LogP contribution in [-0.4, -0.2) is 83.2 Å². The zero-order chi connectivity index (χ0) is 36.8. The van der Waals surface area contributed by atoms with Gasteiger partial charge in [-0.05, 0) is 99.8 Å². The molecule has 2 aromatic rings. The summed E-state index contributed by atoms with van der Waals surface area (Å²) in [5.74, 6) is -0.446. The van der Waals surface area contributed by atoms with Crippen LogP contribution in [0.4, 0.5) is 0 Å². The highest BCUT2D eigenvalue weighted by Gasteiger charge is 2.65. The maximum atomic E-state index is 14.3. The van der Waals surface area contributed by atoms with Gasteiger partial charge >= 0.3 is 0 Å². The number of aliphatic hydroxyl groups excluding tert-OH is 2. The summed E-state index contributed by atoms with van der Waals surface area (Å²) in [7, 11) is 3.40. The largest absolute Gasteiger partial charge is 0.508 e. The first kappa shape index (κ1) is 38.4. The van der Waals surface area contributed by atoms with Crippen molar-refractivity contribution in [3.05, 3.63) is 77.9 Å². The number of carbonyl (C=O) groups is 1. The van der Waals surface area contributed by atoms with Crippen LogP contribution in [-0.2, 0) is 20.8 Å². The van der Waals surface area contributed by atoms with Crippen LogP contribution in [0.1, 0.15) is 82.8 Å². The van der Waals surface area contributed by atoms with Crippen molar-refractivity contribution in [2.24, 2.45) is 22.9 Å². The molecule has 0 bridgehead atoms. The Kier molecular flexibility index (Phi) is 12.5. The highest BCUT2D eigenvalue weighted by atomic mass is 16.7. The van der Waals surface area contributed by atoms with E-state index in [1.54, 1.807) is 43.3 Å². The van der Waals surface area contributed by atoms with Gasteiger partial charge in [-0.3, -0.25) is 4.79 Å². The number of likely N-dealkylation sites (N-methyl/N-ethyl adjacent to an activating group) is 1. The number of ether oxygens (including phenoxy) is 3. The number of fused-ring (bicyclic) bond motifs is 2. The highest BCUT2D eigenvalue weighted by Crippen LogP contribution is 2.61. The van der Waals surface area contributed by atoms with E-state index in [2.05, 4.69) is 12.7 Å². The first-order valence-electron chi connectivity index (χ1n) is 18.3. The molecule has 1 fully saturated rings. The number of nitrogens with zero attached hydrogens (tertiary/aromatic N) is 2. The van der Waals surface area contributed by atoms with Gasteiger partial charge in [0, 0.05) is 38.2 Å². The smallest absolute Gasteiger partial charge is 0.239 e. The topological polar surface area (TPSA) is 130 Å². The second kappa shape index (κ2) is 16.7. The Bertz CT molecular complexity index is 1580. The average Bonchev–Trinajstić information content (AvgIpc) is 3.10. The summed E-state index contributed by atoms with van der Waals surface area (Å²) < 4.78 is 19.4. The van der Waals surface area contributed by atoms with Crippen molar-refractivity contribution in [2.45, 2.75) is 95.5 Å². The van der Waals surface area contributed by atoms with Crippen LogP contribution in [0.25, 0.3) is 0 Å². The fraction of sp³-hybridized carbons (Fsp3) is 0.561. The first-order valence-corrected chi connectivity index (χ1v) is 18.3. The molecule has 0 radical (unpaired) electrons. The third-order valence-electron chi connectivity index (χ3n) is 10.4. The lowest BCUT2D eigenvalue weighted by atomic mass is 9.55. The second-order valence-corrected chi connectivity index (χ2v) is 15.0. The van der Waals surface area contributed by atoms with Crippen molar-refractivity contribution in [2.75, 3.05) is 34.0 Å². The average molecular weight is 705 g/mol. The summed E-state index contributed by atoms with van der Waals surface area (Å²) in [4.78, 5) is 22.2. The Morgan fingerprint density at radius 3 is 2.53 bits per heavy atom. The van der Waals surface area contributed by atoms with E-state index in [0.29, 0.717) is 30.8 Å². The second-order valence-electron chi connectivity index (χ2n) is 15.0. The molecule has 2 aliphatic carbocycles. The third-order valence-corrected chi connectivity index (χ3v) is 10.4. The van der Waals surface area contributed by atoms with E-state index in [1.807, 2.05) is 45.0 Å². The van der Waals surface area contributed by atoms with Crippen LogP contribution < -0.4 is 9.47 Å². The van der Waals surface area contributed by atoms with Gasteiger partial charge in [0.05, 0.1) is 31.8 Å². The highest BCUT2D eigenvalue weighted by molar-refractivity contribution is 6.03. The summed E-state index contributed by atoms with van der Waals surface area (Å²) in [6.07, 6.45) is 9.16. The van der Waals surface area contributed by atoms with Crippen LogP contribution in [0.2, 0.25) is 0 Å². The van der Waals surface area contributed by atoms with Crippen LogP contribution >= 0.6 is 0 Å². The molecular weight excluding hydrogens is 648 g/mol. The number of rotatable bonds is 16. The summed E-state index contributed by atoms with van der Waals surface area (Å²) in [6.45, 7) is 10.2. The number of aromatic hydroxyl groups is 1. The molecule has 0 unspecified atom stereocenters. The lowest BCUT2D eigenvalue weighted by Crippen LogP contribution is -2.69. The minimum atomic E-state index is -1.33. The lowest BCUT2D eigenvalue weighted by Gasteiger charge is -2.59. The van der Waals surface area contributed by atoms with Crippen molar-refractivity contribution in [3.8, 4) is 17.2 Å². The lowest BCUT2D eigenvalue weighted by molar-refractivity contribution is -0.255. The number of carbonyl (C=O) groups excluding carboxylic acids is 1.